The number of carbonyl (C=O) groups excluding carboxylic acids is 2. The summed E-state index contributed by atoms with van der Waals surface area (Å²) in [7, 11) is 1.31. The first kappa shape index (κ1) is 18.2. The Morgan fingerprint density at radius 2 is 1.68 bits per heavy atom. The maximum absolute atomic E-state index is 12.7. The van der Waals surface area contributed by atoms with Gasteiger partial charge in [-0.2, -0.15) is 0 Å². The number of esters is 2. The molecule has 0 radical (unpaired) electrons. The topological polar surface area (TPSA) is 61.8 Å². The van der Waals surface area contributed by atoms with Crippen LogP contribution in [-0.4, -0.2) is 32.3 Å². The Labute approximate surface area is 144 Å². The lowest BCUT2D eigenvalue weighted by Gasteiger charge is -2.06. The van der Waals surface area contributed by atoms with Crippen LogP contribution in [0.2, 0.25) is 0 Å². The minimum Gasteiger partial charge on any atom is -0.490 e. The molecule has 2 rings (SSSR count). The van der Waals surface area contributed by atoms with Crippen LogP contribution >= 0.6 is 0 Å². The van der Waals surface area contributed by atoms with E-state index in [0.29, 0.717) is 11.3 Å². The Kier molecular flexibility index (Phi) is 6.71. The molecule has 0 amide bonds. The smallest absolute Gasteiger partial charge is 0.337 e. The Hall–Kier alpha value is -3.15. The van der Waals surface area contributed by atoms with Crippen molar-refractivity contribution < 1.29 is 28.2 Å². The number of hydrogen-bond acceptors (Lipinski definition) is 5. The van der Waals surface area contributed by atoms with E-state index in [9.17, 15) is 14.0 Å². The molecular formula is C19H17FO5. The summed E-state index contributed by atoms with van der Waals surface area (Å²) in [6, 6.07) is 12.2. The molecule has 0 heterocycles. The van der Waals surface area contributed by atoms with Crippen molar-refractivity contribution in [1.82, 2.24) is 0 Å². The molecule has 0 unspecified atom stereocenters. The van der Waals surface area contributed by atoms with Crippen LogP contribution in [0.25, 0.3) is 6.08 Å². The molecule has 0 aliphatic carbocycles. The molecule has 25 heavy (non-hydrogen) atoms. The van der Waals surface area contributed by atoms with Gasteiger partial charge in [-0.3, -0.25) is 0 Å². The van der Waals surface area contributed by atoms with Gasteiger partial charge in [-0.25, -0.2) is 14.0 Å². The Morgan fingerprint density at radius 3 is 2.32 bits per heavy atom. The Bertz CT molecular complexity index is 735. The minimum atomic E-state index is -0.514. The zero-order chi connectivity index (χ0) is 18.1. The van der Waals surface area contributed by atoms with Crippen molar-refractivity contribution in [3.8, 4) is 5.75 Å². The van der Waals surface area contributed by atoms with E-state index >= 15 is 0 Å². The fourth-order valence-corrected chi connectivity index (χ4v) is 1.89. The highest BCUT2D eigenvalue weighted by molar-refractivity contribution is 5.90. The quantitative estimate of drug-likeness (QED) is 0.438. The zero-order valence-corrected chi connectivity index (χ0v) is 13.6. The molecule has 0 atom stereocenters. The second-order valence-electron chi connectivity index (χ2n) is 4.92. The van der Waals surface area contributed by atoms with Crippen molar-refractivity contribution >= 4 is 18.0 Å². The molecule has 2 aromatic rings. The van der Waals surface area contributed by atoms with Gasteiger partial charge in [0.2, 0.25) is 0 Å². The van der Waals surface area contributed by atoms with Crippen molar-refractivity contribution in [2.24, 2.45) is 0 Å². The highest BCUT2D eigenvalue weighted by Crippen LogP contribution is 2.11. The van der Waals surface area contributed by atoms with Crippen molar-refractivity contribution in [1.29, 1.82) is 0 Å². The zero-order valence-electron chi connectivity index (χ0n) is 13.6. The van der Waals surface area contributed by atoms with Gasteiger partial charge in [-0.15, -0.1) is 0 Å². The summed E-state index contributed by atoms with van der Waals surface area (Å²) < 4.78 is 27.6. The van der Waals surface area contributed by atoms with Gasteiger partial charge in [0.1, 0.15) is 24.8 Å². The van der Waals surface area contributed by atoms with Crippen molar-refractivity contribution in [3.05, 3.63) is 71.6 Å². The van der Waals surface area contributed by atoms with Gasteiger partial charge in [0.05, 0.1) is 12.7 Å². The largest absolute Gasteiger partial charge is 0.490 e. The molecule has 5 nitrogen and oxygen atoms in total. The van der Waals surface area contributed by atoms with Crippen LogP contribution in [0.3, 0.4) is 0 Å². The standard InChI is InChI=1S/C19H17FO5/c1-23-19(22)15-5-2-14(3-6-15)4-11-18(21)25-13-12-24-17-9-7-16(20)8-10-17/h2-11H,12-13H2,1H3/b11-4+. The molecule has 0 saturated carbocycles. The van der Waals surface area contributed by atoms with Crippen molar-refractivity contribution in [2.45, 2.75) is 0 Å². The number of benzene rings is 2. The van der Waals surface area contributed by atoms with E-state index in [1.807, 2.05) is 0 Å². The maximum Gasteiger partial charge on any atom is 0.337 e. The van der Waals surface area contributed by atoms with Gasteiger partial charge in [0.25, 0.3) is 0 Å². The van der Waals surface area contributed by atoms with Gasteiger partial charge in [-0.05, 0) is 48.0 Å². The highest BCUT2D eigenvalue weighted by Gasteiger charge is 2.03. The van der Waals surface area contributed by atoms with E-state index in [0.717, 1.165) is 5.56 Å². The summed E-state index contributed by atoms with van der Waals surface area (Å²) in [5.41, 5.74) is 1.17. The first-order valence-electron chi connectivity index (χ1n) is 7.50. The summed E-state index contributed by atoms with van der Waals surface area (Å²) in [6.45, 7) is 0.237. The number of methoxy groups -OCH3 is 1. The lowest BCUT2D eigenvalue weighted by molar-refractivity contribution is -0.138. The lowest BCUT2D eigenvalue weighted by atomic mass is 10.1. The monoisotopic (exact) mass is 344 g/mol. The van der Waals surface area contributed by atoms with Crippen LogP contribution in [-0.2, 0) is 14.3 Å². The number of carbonyl (C=O) groups is 2. The van der Waals surface area contributed by atoms with Crippen molar-refractivity contribution in [2.75, 3.05) is 20.3 Å². The van der Waals surface area contributed by atoms with Crippen LogP contribution in [0.5, 0.6) is 5.75 Å². The van der Waals surface area contributed by atoms with Gasteiger partial charge in [0.15, 0.2) is 0 Å². The second-order valence-corrected chi connectivity index (χ2v) is 4.92. The molecule has 0 bridgehead atoms. The van der Waals surface area contributed by atoms with Gasteiger partial charge >= 0.3 is 11.9 Å². The number of hydrogen-bond donors (Lipinski definition) is 0. The van der Waals surface area contributed by atoms with E-state index in [2.05, 4.69) is 4.74 Å². The minimum absolute atomic E-state index is 0.0713. The summed E-state index contributed by atoms with van der Waals surface area (Å²) >= 11 is 0. The molecule has 0 aliphatic heterocycles. The summed E-state index contributed by atoms with van der Waals surface area (Å²) in [4.78, 5) is 22.9. The second kappa shape index (κ2) is 9.22. The van der Waals surface area contributed by atoms with E-state index in [4.69, 9.17) is 9.47 Å². The average molecular weight is 344 g/mol. The SMILES string of the molecule is COC(=O)c1ccc(/C=C/C(=O)OCCOc2ccc(F)cc2)cc1. The van der Waals surface area contributed by atoms with Gasteiger partial charge in [0, 0.05) is 6.08 Å². The third-order valence-electron chi connectivity index (χ3n) is 3.15. The maximum atomic E-state index is 12.7. The fraction of sp³-hybridized carbons (Fsp3) is 0.158. The summed E-state index contributed by atoms with van der Waals surface area (Å²) in [6.07, 6.45) is 2.86. The normalized spacial score (nSPS) is 10.5. The predicted octanol–water partition coefficient (Wildman–Crippen LogP) is 3.25. The molecular weight excluding hydrogens is 327 g/mol. The molecule has 2 aromatic carbocycles. The predicted molar refractivity (Wildman–Crippen MR) is 89.7 cm³/mol. The third kappa shape index (κ3) is 6.10. The van der Waals surface area contributed by atoms with E-state index in [1.54, 1.807) is 30.3 Å². The van der Waals surface area contributed by atoms with Crippen LogP contribution in [0.1, 0.15) is 15.9 Å². The van der Waals surface area contributed by atoms with Crippen LogP contribution in [0.4, 0.5) is 4.39 Å². The van der Waals surface area contributed by atoms with Crippen LogP contribution in [0, 0.1) is 5.82 Å². The molecule has 0 aliphatic rings. The number of rotatable bonds is 7. The van der Waals surface area contributed by atoms with E-state index in [-0.39, 0.29) is 19.0 Å². The number of halogens is 1. The van der Waals surface area contributed by atoms with E-state index < -0.39 is 11.9 Å². The molecule has 0 saturated heterocycles. The lowest BCUT2D eigenvalue weighted by Crippen LogP contribution is -2.10. The molecule has 0 aromatic heterocycles. The summed E-state index contributed by atoms with van der Waals surface area (Å²) in [5, 5.41) is 0. The fourth-order valence-electron chi connectivity index (χ4n) is 1.89. The number of ether oxygens (including phenoxy) is 3. The van der Waals surface area contributed by atoms with Gasteiger partial charge in [-0.1, -0.05) is 12.1 Å². The van der Waals surface area contributed by atoms with Gasteiger partial charge < -0.3 is 14.2 Å². The van der Waals surface area contributed by atoms with Crippen LogP contribution < -0.4 is 4.74 Å². The highest BCUT2D eigenvalue weighted by atomic mass is 19.1. The molecule has 6 heteroatoms. The average Bonchev–Trinajstić information content (AvgIpc) is 2.64. The first-order valence-corrected chi connectivity index (χ1v) is 7.50. The third-order valence-corrected chi connectivity index (χ3v) is 3.15. The van der Waals surface area contributed by atoms with Crippen LogP contribution in [0.15, 0.2) is 54.6 Å². The molecule has 0 N–H and O–H groups in total. The summed E-state index contributed by atoms with van der Waals surface area (Å²) in [5.74, 6) is -0.780. The van der Waals surface area contributed by atoms with Crippen molar-refractivity contribution in [3.63, 3.8) is 0 Å². The first-order chi connectivity index (χ1) is 12.1. The molecule has 130 valence electrons. The molecule has 0 spiro atoms. The van der Waals surface area contributed by atoms with E-state index in [1.165, 1.54) is 37.5 Å². The Balaban J connectivity index is 1.73. The Morgan fingerprint density at radius 1 is 1.00 bits per heavy atom. The molecule has 0 fully saturated rings.